The molecule has 0 atom stereocenters. The van der Waals surface area contributed by atoms with E-state index in [2.05, 4.69) is 0 Å². The molecule has 1 nitrogen and oxygen atoms in total. The molecule has 0 aliphatic rings. The third-order valence-electron chi connectivity index (χ3n) is 2.95. The Morgan fingerprint density at radius 3 is 1.72 bits per heavy atom. The molecule has 0 unspecified atom stereocenters. The van der Waals surface area contributed by atoms with Crippen LogP contribution in [0.15, 0.2) is 6.07 Å². The predicted octanol–water partition coefficient (Wildman–Crippen LogP) is 4.57. The van der Waals surface area contributed by atoms with Gasteiger partial charge in [-0.15, -0.1) is 0 Å². The summed E-state index contributed by atoms with van der Waals surface area (Å²) < 4.78 is 33.1. The minimum atomic E-state index is -0.907. The molecule has 1 aromatic carbocycles. The SMILES string of the molecule is COc1cc(C(C)(C)C)c(C(C)(C)C)c(F)c1F. The fraction of sp³-hybridized carbons (Fsp3) is 0.600. The lowest BCUT2D eigenvalue weighted by Gasteiger charge is -2.31. The lowest BCUT2D eigenvalue weighted by Crippen LogP contribution is -2.24. The van der Waals surface area contributed by atoms with Crippen molar-refractivity contribution in [3.8, 4) is 5.75 Å². The van der Waals surface area contributed by atoms with Crippen molar-refractivity contribution in [2.45, 2.75) is 52.4 Å². The van der Waals surface area contributed by atoms with Gasteiger partial charge in [0.05, 0.1) is 7.11 Å². The van der Waals surface area contributed by atoms with Gasteiger partial charge >= 0.3 is 0 Å². The molecule has 0 aliphatic carbocycles. The van der Waals surface area contributed by atoms with Gasteiger partial charge in [-0.2, -0.15) is 4.39 Å². The average molecular weight is 256 g/mol. The van der Waals surface area contributed by atoms with Crippen LogP contribution in [0, 0.1) is 11.6 Å². The predicted molar refractivity (Wildman–Crippen MR) is 70.3 cm³/mol. The normalized spacial score (nSPS) is 12.7. The van der Waals surface area contributed by atoms with E-state index in [1.807, 2.05) is 41.5 Å². The molecule has 0 fully saturated rings. The molecule has 0 N–H and O–H groups in total. The van der Waals surface area contributed by atoms with Crippen molar-refractivity contribution in [2.75, 3.05) is 7.11 Å². The number of methoxy groups -OCH3 is 1. The second kappa shape index (κ2) is 4.52. The molecule has 1 rings (SSSR count). The van der Waals surface area contributed by atoms with Gasteiger partial charge in [0.2, 0.25) is 5.82 Å². The van der Waals surface area contributed by atoms with Crippen LogP contribution in [0.2, 0.25) is 0 Å². The zero-order valence-corrected chi connectivity index (χ0v) is 12.2. The smallest absolute Gasteiger partial charge is 0.200 e. The van der Waals surface area contributed by atoms with Gasteiger partial charge in [0, 0.05) is 5.56 Å². The molecule has 0 spiro atoms. The maximum atomic E-state index is 14.3. The number of rotatable bonds is 1. The summed E-state index contributed by atoms with van der Waals surface area (Å²) in [6, 6.07) is 1.61. The Morgan fingerprint density at radius 2 is 1.39 bits per heavy atom. The van der Waals surface area contributed by atoms with Crippen LogP contribution in [0.25, 0.3) is 0 Å². The fourth-order valence-corrected chi connectivity index (χ4v) is 2.08. The standard InChI is InChI=1S/C15H22F2O/c1-14(2,3)9-8-10(18-7)12(16)13(17)11(9)15(4,5)6/h8H,1-7H3. The average Bonchev–Trinajstić information content (AvgIpc) is 2.18. The van der Waals surface area contributed by atoms with Crippen LogP contribution in [-0.4, -0.2) is 7.11 Å². The van der Waals surface area contributed by atoms with Crippen LogP contribution in [-0.2, 0) is 10.8 Å². The van der Waals surface area contributed by atoms with Gasteiger partial charge in [-0.3, -0.25) is 0 Å². The van der Waals surface area contributed by atoms with E-state index in [1.165, 1.54) is 7.11 Å². The molecule has 0 amide bonds. The second-order valence-corrected chi connectivity index (χ2v) is 6.63. The minimum absolute atomic E-state index is 0.0366. The molecule has 0 bridgehead atoms. The summed E-state index contributed by atoms with van der Waals surface area (Å²) in [6.07, 6.45) is 0. The summed E-state index contributed by atoms with van der Waals surface area (Å²) in [7, 11) is 1.35. The molecular weight excluding hydrogens is 234 g/mol. The lowest BCUT2D eigenvalue weighted by atomic mass is 9.75. The summed E-state index contributed by atoms with van der Waals surface area (Å²) in [5, 5.41) is 0. The van der Waals surface area contributed by atoms with E-state index >= 15 is 0 Å². The van der Waals surface area contributed by atoms with Gasteiger partial charge in [0.15, 0.2) is 11.6 Å². The topological polar surface area (TPSA) is 9.23 Å². The number of ether oxygens (including phenoxy) is 1. The van der Waals surface area contributed by atoms with Crippen molar-refractivity contribution in [1.29, 1.82) is 0 Å². The number of hydrogen-bond acceptors (Lipinski definition) is 1. The molecule has 3 heteroatoms. The largest absolute Gasteiger partial charge is 0.494 e. The van der Waals surface area contributed by atoms with Crippen LogP contribution in [0.3, 0.4) is 0 Å². The van der Waals surface area contributed by atoms with Gasteiger partial charge in [0.1, 0.15) is 0 Å². The van der Waals surface area contributed by atoms with Crippen LogP contribution >= 0.6 is 0 Å². The van der Waals surface area contributed by atoms with Gasteiger partial charge in [-0.25, -0.2) is 4.39 Å². The summed E-state index contributed by atoms with van der Waals surface area (Å²) in [5.74, 6) is -1.74. The third kappa shape index (κ3) is 2.65. The van der Waals surface area contributed by atoms with E-state index in [0.717, 1.165) is 5.56 Å². The lowest BCUT2D eigenvalue weighted by molar-refractivity contribution is 0.360. The van der Waals surface area contributed by atoms with Crippen LogP contribution in [0.4, 0.5) is 8.78 Å². The third-order valence-corrected chi connectivity index (χ3v) is 2.95. The first-order valence-corrected chi connectivity index (χ1v) is 6.07. The molecule has 0 aliphatic heterocycles. The van der Waals surface area contributed by atoms with Crippen molar-refractivity contribution in [1.82, 2.24) is 0 Å². The zero-order chi connectivity index (χ0) is 14.3. The maximum Gasteiger partial charge on any atom is 0.200 e. The monoisotopic (exact) mass is 256 g/mol. The highest BCUT2D eigenvalue weighted by Gasteiger charge is 2.31. The Morgan fingerprint density at radius 1 is 0.889 bits per heavy atom. The zero-order valence-electron chi connectivity index (χ0n) is 12.2. The van der Waals surface area contributed by atoms with Gasteiger partial charge in [-0.1, -0.05) is 41.5 Å². The van der Waals surface area contributed by atoms with Crippen molar-refractivity contribution in [3.63, 3.8) is 0 Å². The van der Waals surface area contributed by atoms with Crippen molar-refractivity contribution in [3.05, 3.63) is 28.8 Å². The first kappa shape index (κ1) is 14.9. The fourth-order valence-electron chi connectivity index (χ4n) is 2.08. The molecule has 102 valence electrons. The Labute approximate surface area is 108 Å². The van der Waals surface area contributed by atoms with Crippen molar-refractivity contribution < 1.29 is 13.5 Å². The summed E-state index contributed by atoms with van der Waals surface area (Å²) >= 11 is 0. The van der Waals surface area contributed by atoms with Crippen molar-refractivity contribution >= 4 is 0 Å². The summed E-state index contributed by atoms with van der Waals surface area (Å²) in [6.45, 7) is 11.6. The molecule has 0 aromatic heterocycles. The van der Waals surface area contributed by atoms with Crippen LogP contribution in [0.1, 0.15) is 52.7 Å². The van der Waals surface area contributed by atoms with E-state index in [9.17, 15) is 8.78 Å². The Hall–Kier alpha value is -1.12. The van der Waals surface area contributed by atoms with Gasteiger partial charge in [0.25, 0.3) is 0 Å². The Bertz CT molecular complexity index is 451. The van der Waals surface area contributed by atoms with Crippen molar-refractivity contribution in [2.24, 2.45) is 0 Å². The minimum Gasteiger partial charge on any atom is -0.494 e. The molecular formula is C15H22F2O. The molecule has 18 heavy (non-hydrogen) atoms. The Balaban J connectivity index is 3.73. The molecule has 0 radical (unpaired) electrons. The van der Waals surface area contributed by atoms with E-state index < -0.39 is 17.0 Å². The van der Waals surface area contributed by atoms with E-state index in [4.69, 9.17) is 4.74 Å². The van der Waals surface area contributed by atoms with Crippen LogP contribution in [0.5, 0.6) is 5.75 Å². The summed E-state index contributed by atoms with van der Waals surface area (Å²) in [4.78, 5) is 0. The summed E-state index contributed by atoms with van der Waals surface area (Å²) in [5.41, 5.74) is 0.476. The van der Waals surface area contributed by atoms with Gasteiger partial charge < -0.3 is 4.74 Å². The molecule has 0 heterocycles. The molecule has 0 saturated carbocycles. The van der Waals surface area contributed by atoms with Gasteiger partial charge in [-0.05, 0) is 22.5 Å². The second-order valence-electron chi connectivity index (χ2n) is 6.63. The quantitative estimate of drug-likeness (QED) is 0.715. The Kier molecular flexibility index (Phi) is 3.75. The highest BCUT2D eigenvalue weighted by atomic mass is 19.2. The highest BCUT2D eigenvalue weighted by molar-refractivity contribution is 5.45. The first-order valence-electron chi connectivity index (χ1n) is 6.07. The molecule has 0 saturated heterocycles. The van der Waals surface area contributed by atoms with E-state index in [1.54, 1.807) is 6.07 Å². The first-order chi connectivity index (χ1) is 8.00. The molecule has 1 aromatic rings. The van der Waals surface area contributed by atoms with E-state index in [-0.39, 0.29) is 11.2 Å². The van der Waals surface area contributed by atoms with Crippen LogP contribution < -0.4 is 4.74 Å². The maximum absolute atomic E-state index is 14.3. The van der Waals surface area contributed by atoms with E-state index in [0.29, 0.717) is 5.56 Å². The number of benzene rings is 1. The number of hydrogen-bond donors (Lipinski definition) is 0. The number of halogens is 2. The highest BCUT2D eigenvalue weighted by Crippen LogP contribution is 2.39.